The highest BCUT2D eigenvalue weighted by atomic mass is 16.6. The van der Waals surface area contributed by atoms with Gasteiger partial charge in [-0.15, -0.1) is 0 Å². The minimum Gasteiger partial charge on any atom is -0.465 e. The Morgan fingerprint density at radius 2 is 0.739 bits per heavy atom. The van der Waals surface area contributed by atoms with E-state index < -0.39 is 42.7 Å². The van der Waals surface area contributed by atoms with Crippen LogP contribution in [-0.4, -0.2) is 159 Å². The number of hydrogen-bond acceptors (Lipinski definition) is 21. The Morgan fingerprint density at radius 3 is 1.09 bits per heavy atom. The summed E-state index contributed by atoms with van der Waals surface area (Å²) >= 11 is 0. The first-order valence-electron chi connectivity index (χ1n) is 48.0. The fourth-order valence-corrected chi connectivity index (χ4v) is 18.5. The Balaban J connectivity index is 0.000000293. The van der Waals surface area contributed by atoms with E-state index in [1.165, 1.54) is 50.5 Å². The lowest BCUT2D eigenvalue weighted by Crippen LogP contribution is -2.38. The van der Waals surface area contributed by atoms with Gasteiger partial charge in [-0.25, -0.2) is 0 Å². The summed E-state index contributed by atoms with van der Waals surface area (Å²) in [6, 6.07) is 8.15. The number of carbonyl (C=O) groups is 7. The van der Waals surface area contributed by atoms with Gasteiger partial charge in [-0.05, 0) is 213 Å². The SMILES string of the molecule is CC(C)C1CCC(COC(=O)C2CCCCC2O)CC1.CC(C)c1ccc(COC(=O)C2CCCCC2O)cc1.CC1CC(OC(=O)C2CCCCC2O)CC(C)(C)C1.CCCCC(CC)COC(=O)C1CCCCC1O.CCCCCOC(=O)C1CCCCC1O.CCCCOC(=O)C1CCCCC1O.CCCOC(=O)C1CCCCC1O. The van der Waals surface area contributed by atoms with Crippen LogP contribution in [0.5, 0.6) is 0 Å². The van der Waals surface area contributed by atoms with Gasteiger partial charge in [0.15, 0.2) is 0 Å². The normalized spacial score (nSPS) is 29.4. The lowest BCUT2D eigenvalue weighted by molar-refractivity contribution is -0.164. The molecule has 0 aliphatic heterocycles. The van der Waals surface area contributed by atoms with Gasteiger partial charge in [0.1, 0.15) is 12.7 Å². The maximum absolute atomic E-state index is 12.2. The summed E-state index contributed by atoms with van der Waals surface area (Å²) in [5, 5.41) is 68.2. The standard InChI is InChI=1S/C17H30O3.C17H24O3.C16H28O3.C15H28O3.C12H22O3.C11H20O3.C10H18O3/c2*1-12(2)14-9-7-13(8-10-14)11-20-17(19)15-5-3-4-6-16(15)18;1-11-8-12(10-16(2,3)9-11)19-15(18)13-6-4-5-7-14(13)17;1-3-5-8-12(4-2)11-18-15(17)13-9-6-7-10-14(13)16;1-2-3-6-9-15-12(14)10-7-4-5-8-11(10)13;1-2-3-8-14-11(13)9-6-4-5-7-10(9)12;1-2-7-13-10(12)8-5-3-4-6-9(8)11/h12-16,18H,3-11H2,1-2H3;7-10,12,15-16,18H,3-6,11H2,1-2H3;11-14,17H,4-10H2,1-3H3;12-14,16H,3-11H2,1-2H3;10-11,13H,2-9H2,1H3;9-10,12H,2-8H2,1H3;8-9,11H,2-7H2,1H3. The highest BCUT2D eigenvalue weighted by molar-refractivity contribution is 5.76. The summed E-state index contributed by atoms with van der Waals surface area (Å²) in [5.74, 6) is 0.418. The largest absolute Gasteiger partial charge is 0.465 e. The summed E-state index contributed by atoms with van der Waals surface area (Å²) in [5.41, 5.74) is 2.53. The van der Waals surface area contributed by atoms with E-state index >= 15 is 0 Å². The molecule has 0 radical (unpaired) electrons. The minimum atomic E-state index is -0.528. The smallest absolute Gasteiger partial charge is 0.311 e. The number of ether oxygens (including phenoxy) is 7. The van der Waals surface area contributed by atoms with Crippen molar-refractivity contribution in [2.75, 3.05) is 33.0 Å². The van der Waals surface area contributed by atoms with E-state index in [1.54, 1.807) is 0 Å². The molecule has 17 atom stereocenters. The van der Waals surface area contributed by atoms with Crippen molar-refractivity contribution in [3.05, 3.63) is 35.4 Å². The number of carbonyl (C=O) groups excluding carboxylic acids is 7. The van der Waals surface area contributed by atoms with E-state index in [-0.39, 0.29) is 94.7 Å². The van der Waals surface area contributed by atoms with Gasteiger partial charge in [0.25, 0.3) is 0 Å². The maximum atomic E-state index is 12.2. The predicted octanol–water partition coefficient (Wildman–Crippen LogP) is 19.2. The van der Waals surface area contributed by atoms with E-state index in [0.29, 0.717) is 69.7 Å². The van der Waals surface area contributed by atoms with Crippen molar-refractivity contribution in [2.45, 2.75) is 433 Å². The van der Waals surface area contributed by atoms with Crippen molar-refractivity contribution in [2.24, 2.45) is 76.4 Å². The molecule has 21 heteroatoms. The van der Waals surface area contributed by atoms with Crippen molar-refractivity contribution in [3.8, 4) is 0 Å². The Hall–Kier alpha value is -4.77. The Bertz CT molecular complexity index is 2890. The van der Waals surface area contributed by atoms with Crippen molar-refractivity contribution < 1.29 is 102 Å². The van der Waals surface area contributed by atoms with Gasteiger partial charge in [-0.1, -0.05) is 236 Å². The quantitative estimate of drug-likeness (QED) is 0.0223. The molecule has 9 aliphatic carbocycles. The molecule has 0 spiro atoms. The van der Waals surface area contributed by atoms with Gasteiger partial charge in [0, 0.05) is 0 Å². The van der Waals surface area contributed by atoms with Crippen molar-refractivity contribution in [1.29, 1.82) is 0 Å². The summed E-state index contributed by atoms with van der Waals surface area (Å²) in [4.78, 5) is 82.6. The first kappa shape index (κ1) is 107. The first-order chi connectivity index (χ1) is 57.0. The Morgan fingerprint density at radius 1 is 0.387 bits per heavy atom. The molecule has 21 nitrogen and oxygen atoms in total. The Kier molecular flexibility index (Phi) is 54.4. The van der Waals surface area contributed by atoms with E-state index in [1.807, 2.05) is 19.1 Å². The molecule has 119 heavy (non-hydrogen) atoms. The van der Waals surface area contributed by atoms with Gasteiger partial charge in [0.2, 0.25) is 0 Å². The van der Waals surface area contributed by atoms with Gasteiger partial charge >= 0.3 is 41.8 Å². The third kappa shape index (κ3) is 42.2. The number of aliphatic hydroxyl groups is 7. The number of benzene rings is 1. The molecule has 1 aromatic rings. The topological polar surface area (TPSA) is 326 Å². The third-order valence-electron chi connectivity index (χ3n) is 26.4. The van der Waals surface area contributed by atoms with Gasteiger partial charge < -0.3 is 68.9 Å². The monoisotopic (exact) mass is 1680 g/mol. The van der Waals surface area contributed by atoms with E-state index in [9.17, 15) is 69.3 Å². The molecule has 0 amide bonds. The molecule has 7 N–H and O–H groups in total. The van der Waals surface area contributed by atoms with Crippen LogP contribution in [0.25, 0.3) is 0 Å². The van der Waals surface area contributed by atoms with Crippen molar-refractivity contribution in [3.63, 3.8) is 0 Å². The van der Waals surface area contributed by atoms with Gasteiger partial charge in [0.05, 0.1) is 117 Å². The molecule has 9 saturated carbocycles. The van der Waals surface area contributed by atoms with Gasteiger partial charge in [-0.2, -0.15) is 0 Å². The zero-order valence-electron chi connectivity index (χ0n) is 76.3. The van der Waals surface area contributed by atoms with Crippen LogP contribution in [0, 0.1) is 76.4 Å². The molecular weight excluding hydrogens is 1510 g/mol. The average Bonchev–Trinajstić information content (AvgIpc) is 0.836. The van der Waals surface area contributed by atoms with Crippen LogP contribution in [0.1, 0.15) is 389 Å². The first-order valence-corrected chi connectivity index (χ1v) is 48.0. The number of hydrogen-bond donors (Lipinski definition) is 7. The maximum Gasteiger partial charge on any atom is 0.311 e. The summed E-state index contributed by atoms with van der Waals surface area (Å²) in [7, 11) is 0. The van der Waals surface area contributed by atoms with Crippen LogP contribution in [0.4, 0.5) is 0 Å². The molecule has 0 heterocycles. The zero-order valence-corrected chi connectivity index (χ0v) is 76.3. The van der Waals surface area contributed by atoms with E-state index in [0.717, 1.165) is 255 Å². The fourth-order valence-electron chi connectivity index (χ4n) is 18.5. The van der Waals surface area contributed by atoms with Crippen LogP contribution in [0.2, 0.25) is 0 Å². The molecule has 0 bridgehead atoms. The number of unbranched alkanes of at least 4 members (excludes halogenated alkanes) is 4. The molecule has 1 aromatic carbocycles. The van der Waals surface area contributed by atoms with Crippen LogP contribution < -0.4 is 0 Å². The van der Waals surface area contributed by atoms with E-state index in [2.05, 4.69) is 88.3 Å². The van der Waals surface area contributed by atoms with Crippen LogP contribution in [0.3, 0.4) is 0 Å². The van der Waals surface area contributed by atoms with Crippen molar-refractivity contribution >= 4 is 41.8 Å². The fraction of sp³-hybridized carbons (Fsp3) is 0.867. The second-order valence-corrected chi connectivity index (χ2v) is 37.9. The molecule has 9 fully saturated rings. The lowest BCUT2D eigenvalue weighted by atomic mass is 9.71. The minimum absolute atomic E-state index is 0.0420. The molecule has 688 valence electrons. The molecule has 0 saturated heterocycles. The lowest BCUT2D eigenvalue weighted by Gasteiger charge is -2.39. The molecule has 9 aliphatic rings. The van der Waals surface area contributed by atoms with Gasteiger partial charge in [-0.3, -0.25) is 33.6 Å². The predicted molar refractivity (Wildman–Crippen MR) is 466 cm³/mol. The summed E-state index contributed by atoms with van der Waals surface area (Å²) < 4.78 is 37.2. The van der Waals surface area contributed by atoms with Crippen LogP contribution in [0.15, 0.2) is 24.3 Å². The number of aliphatic hydroxyl groups excluding tert-OH is 7. The van der Waals surface area contributed by atoms with Crippen molar-refractivity contribution in [1.82, 2.24) is 0 Å². The summed E-state index contributed by atoms with van der Waals surface area (Å²) in [6.45, 7) is 29.0. The second kappa shape index (κ2) is 60.7. The highest BCUT2D eigenvalue weighted by Gasteiger charge is 2.40. The number of rotatable bonds is 29. The Labute approximate surface area is 718 Å². The molecule has 0 aromatic heterocycles. The van der Waals surface area contributed by atoms with Crippen LogP contribution >= 0.6 is 0 Å². The molecular formula is C98H170O21. The molecule has 17 unspecified atom stereocenters. The van der Waals surface area contributed by atoms with Crippen LogP contribution in [-0.2, 0) is 73.3 Å². The molecule has 10 rings (SSSR count). The number of esters is 7. The second-order valence-electron chi connectivity index (χ2n) is 37.9. The average molecular weight is 1680 g/mol. The highest BCUT2D eigenvalue weighted by Crippen LogP contribution is 2.41. The third-order valence-corrected chi connectivity index (χ3v) is 26.4. The zero-order chi connectivity index (χ0) is 87.7. The van der Waals surface area contributed by atoms with E-state index in [4.69, 9.17) is 33.2 Å². The summed E-state index contributed by atoms with van der Waals surface area (Å²) in [6.07, 6.45) is 40.2.